The van der Waals surface area contributed by atoms with Gasteiger partial charge in [0, 0.05) is 0 Å². The summed E-state index contributed by atoms with van der Waals surface area (Å²) in [5.41, 5.74) is 0. The van der Waals surface area contributed by atoms with E-state index >= 15 is 0 Å². The first kappa shape index (κ1) is 10.1. The van der Waals surface area contributed by atoms with Crippen molar-refractivity contribution >= 4 is 17.6 Å². The Kier molecular flexibility index (Phi) is 3.37. The zero-order valence-corrected chi connectivity index (χ0v) is 8.30. The lowest BCUT2D eigenvalue weighted by Gasteiger charge is -1.98. The van der Waals surface area contributed by atoms with E-state index in [9.17, 15) is 4.79 Å². The lowest BCUT2D eigenvalue weighted by Crippen LogP contribution is -2.02. The fourth-order valence-electron chi connectivity index (χ4n) is 0.879. The van der Waals surface area contributed by atoms with Crippen LogP contribution in [0.1, 0.15) is 35.5 Å². The lowest BCUT2D eigenvalue weighted by atomic mass is 10.3. The van der Waals surface area contributed by atoms with Gasteiger partial charge in [0.2, 0.25) is 5.76 Å². The van der Waals surface area contributed by atoms with Gasteiger partial charge in [-0.05, 0) is 26.0 Å². The summed E-state index contributed by atoms with van der Waals surface area (Å²) in [4.78, 5) is 11.1. The van der Waals surface area contributed by atoms with E-state index in [2.05, 4.69) is 0 Å². The number of esters is 1. The molecule has 0 unspecified atom stereocenters. The van der Waals surface area contributed by atoms with Crippen LogP contribution in [-0.2, 0) is 4.74 Å². The molecule has 0 amide bonds. The van der Waals surface area contributed by atoms with Crippen molar-refractivity contribution in [1.29, 1.82) is 0 Å². The Morgan fingerprint density at radius 2 is 2.38 bits per heavy atom. The van der Waals surface area contributed by atoms with Crippen LogP contribution in [0.25, 0.3) is 0 Å². The zero-order chi connectivity index (χ0) is 9.84. The molecule has 1 rings (SSSR count). The fourth-order valence-corrected chi connectivity index (χ4v) is 0.996. The molecule has 0 aromatic carbocycles. The molecule has 0 fully saturated rings. The van der Waals surface area contributed by atoms with Gasteiger partial charge < -0.3 is 9.15 Å². The van der Waals surface area contributed by atoms with Crippen LogP contribution in [-0.4, -0.2) is 12.6 Å². The van der Waals surface area contributed by atoms with Crippen molar-refractivity contribution in [3.05, 3.63) is 23.7 Å². The third kappa shape index (κ3) is 2.49. The Morgan fingerprint density at radius 1 is 1.69 bits per heavy atom. The maximum Gasteiger partial charge on any atom is 0.374 e. The van der Waals surface area contributed by atoms with Gasteiger partial charge in [-0.3, -0.25) is 0 Å². The van der Waals surface area contributed by atoms with Gasteiger partial charge in [0.15, 0.2) is 0 Å². The fraction of sp³-hybridized carbons (Fsp3) is 0.444. The van der Waals surface area contributed by atoms with Crippen molar-refractivity contribution in [2.45, 2.75) is 19.2 Å². The van der Waals surface area contributed by atoms with E-state index in [0.29, 0.717) is 12.4 Å². The predicted octanol–water partition coefficient (Wildman–Crippen LogP) is 2.76. The minimum Gasteiger partial charge on any atom is -0.460 e. The van der Waals surface area contributed by atoms with Gasteiger partial charge in [0.1, 0.15) is 5.76 Å². The second kappa shape index (κ2) is 4.33. The average molecular weight is 203 g/mol. The monoisotopic (exact) mass is 202 g/mol. The summed E-state index contributed by atoms with van der Waals surface area (Å²) in [5.74, 6) is 0.320. The summed E-state index contributed by atoms with van der Waals surface area (Å²) < 4.78 is 9.90. The van der Waals surface area contributed by atoms with Crippen LogP contribution in [0.2, 0.25) is 0 Å². The molecule has 1 atom stereocenters. The Hall–Kier alpha value is -0.960. The first-order valence-electron chi connectivity index (χ1n) is 4.06. The quantitative estimate of drug-likeness (QED) is 0.559. The van der Waals surface area contributed by atoms with Crippen LogP contribution in [0.15, 0.2) is 16.5 Å². The minimum absolute atomic E-state index is 0.198. The van der Waals surface area contributed by atoms with Crippen molar-refractivity contribution in [1.82, 2.24) is 0 Å². The molecular weight excluding hydrogens is 192 g/mol. The van der Waals surface area contributed by atoms with Gasteiger partial charge in [-0.15, -0.1) is 11.6 Å². The highest BCUT2D eigenvalue weighted by atomic mass is 35.5. The molecule has 0 aliphatic rings. The molecule has 1 aromatic rings. The smallest absolute Gasteiger partial charge is 0.374 e. The number of furan rings is 1. The summed E-state index contributed by atoms with van der Waals surface area (Å²) in [6, 6.07) is 3.23. The van der Waals surface area contributed by atoms with Gasteiger partial charge >= 0.3 is 5.97 Å². The van der Waals surface area contributed by atoms with E-state index in [4.69, 9.17) is 20.8 Å². The molecule has 0 radical (unpaired) electrons. The van der Waals surface area contributed by atoms with Gasteiger partial charge in [-0.1, -0.05) is 0 Å². The van der Waals surface area contributed by atoms with E-state index in [1.165, 1.54) is 0 Å². The molecule has 1 heterocycles. The maximum absolute atomic E-state index is 11.1. The third-order valence-corrected chi connectivity index (χ3v) is 1.71. The Morgan fingerprint density at radius 3 is 2.85 bits per heavy atom. The molecule has 3 nitrogen and oxygen atoms in total. The van der Waals surface area contributed by atoms with Gasteiger partial charge in [0.25, 0.3) is 0 Å². The molecular formula is C9H11ClO3. The van der Waals surface area contributed by atoms with Gasteiger partial charge in [-0.25, -0.2) is 4.79 Å². The number of halogens is 1. The summed E-state index contributed by atoms with van der Waals surface area (Å²) >= 11 is 5.75. The number of ether oxygens (including phenoxy) is 1. The number of rotatable bonds is 3. The van der Waals surface area contributed by atoms with Crippen LogP contribution in [0.3, 0.4) is 0 Å². The summed E-state index contributed by atoms with van der Waals surface area (Å²) in [6.45, 7) is 3.85. The molecule has 72 valence electrons. The van der Waals surface area contributed by atoms with Crippen LogP contribution in [0.5, 0.6) is 0 Å². The van der Waals surface area contributed by atoms with E-state index in [0.717, 1.165) is 0 Å². The van der Waals surface area contributed by atoms with E-state index in [1.807, 2.05) is 0 Å². The third-order valence-electron chi connectivity index (χ3n) is 1.50. The van der Waals surface area contributed by atoms with Crippen molar-refractivity contribution in [3.8, 4) is 0 Å². The molecule has 0 aliphatic carbocycles. The Balaban J connectivity index is 2.73. The topological polar surface area (TPSA) is 39.4 Å². The lowest BCUT2D eigenvalue weighted by molar-refractivity contribution is 0.0488. The molecule has 0 spiro atoms. The molecule has 0 N–H and O–H groups in total. The summed E-state index contributed by atoms with van der Waals surface area (Å²) in [6.07, 6.45) is 0. The van der Waals surface area contributed by atoms with E-state index in [-0.39, 0.29) is 11.1 Å². The number of alkyl halides is 1. The highest BCUT2D eigenvalue weighted by Crippen LogP contribution is 2.21. The second-order valence-electron chi connectivity index (χ2n) is 2.54. The highest BCUT2D eigenvalue weighted by Gasteiger charge is 2.13. The van der Waals surface area contributed by atoms with Gasteiger partial charge in [0.05, 0.1) is 12.0 Å². The van der Waals surface area contributed by atoms with Crippen LogP contribution in [0.4, 0.5) is 0 Å². The molecule has 0 aliphatic heterocycles. The Labute approximate surface area is 81.6 Å². The molecule has 1 aromatic heterocycles. The van der Waals surface area contributed by atoms with Crippen LogP contribution >= 0.6 is 11.6 Å². The maximum atomic E-state index is 11.1. The molecule has 13 heavy (non-hydrogen) atoms. The molecule has 0 bridgehead atoms. The molecule has 0 saturated carbocycles. The number of carbonyl (C=O) groups is 1. The van der Waals surface area contributed by atoms with Crippen molar-refractivity contribution in [2.24, 2.45) is 0 Å². The minimum atomic E-state index is -0.453. The first-order chi connectivity index (χ1) is 6.15. The largest absolute Gasteiger partial charge is 0.460 e. The number of hydrogen-bond donors (Lipinski definition) is 0. The number of hydrogen-bond acceptors (Lipinski definition) is 3. The Bertz CT molecular complexity index is 291. The van der Waals surface area contributed by atoms with E-state index in [1.54, 1.807) is 26.0 Å². The predicted molar refractivity (Wildman–Crippen MR) is 48.9 cm³/mol. The van der Waals surface area contributed by atoms with Crippen molar-refractivity contribution < 1.29 is 13.9 Å². The first-order valence-corrected chi connectivity index (χ1v) is 4.49. The highest BCUT2D eigenvalue weighted by molar-refractivity contribution is 6.20. The summed E-state index contributed by atoms with van der Waals surface area (Å²) in [5, 5.41) is -0.233. The van der Waals surface area contributed by atoms with E-state index < -0.39 is 5.97 Å². The second-order valence-corrected chi connectivity index (χ2v) is 3.19. The standard InChI is InChI=1S/C9H11ClO3/c1-3-12-9(11)8-5-4-7(13-8)6(2)10/h4-6H,3H2,1-2H3/t6-/m0/s1. The van der Waals surface area contributed by atoms with Crippen LogP contribution in [0, 0.1) is 0 Å². The zero-order valence-electron chi connectivity index (χ0n) is 7.54. The van der Waals surface area contributed by atoms with Crippen LogP contribution < -0.4 is 0 Å². The van der Waals surface area contributed by atoms with Gasteiger partial charge in [-0.2, -0.15) is 0 Å². The average Bonchev–Trinajstić information content (AvgIpc) is 2.52. The normalized spacial score (nSPS) is 12.5. The molecule has 4 heteroatoms. The van der Waals surface area contributed by atoms with Crippen molar-refractivity contribution in [2.75, 3.05) is 6.61 Å². The SMILES string of the molecule is CCOC(=O)c1ccc([C@H](C)Cl)o1. The number of carbonyl (C=O) groups excluding carboxylic acids is 1. The van der Waals surface area contributed by atoms with Crippen molar-refractivity contribution in [3.63, 3.8) is 0 Å². The summed E-state index contributed by atoms with van der Waals surface area (Å²) in [7, 11) is 0. The molecule has 0 saturated heterocycles.